The molecule has 1 spiro atoms. The van der Waals surface area contributed by atoms with E-state index in [9.17, 15) is 19.5 Å². The maximum Gasteiger partial charge on any atom is 0.264 e. The summed E-state index contributed by atoms with van der Waals surface area (Å²) in [4.78, 5) is 45.4. The lowest BCUT2D eigenvalue weighted by Crippen LogP contribution is -2.46. The first-order chi connectivity index (χ1) is 18.5. The van der Waals surface area contributed by atoms with Crippen molar-refractivity contribution in [3.8, 4) is 0 Å². The van der Waals surface area contributed by atoms with Gasteiger partial charge in [0.1, 0.15) is 5.67 Å². The second kappa shape index (κ2) is 10.3. The maximum atomic E-state index is 15.9. The fraction of sp³-hybridized carbons (Fsp3) is 0.633. The Morgan fingerprint density at radius 2 is 2.03 bits per heavy atom. The van der Waals surface area contributed by atoms with E-state index in [0.29, 0.717) is 36.4 Å². The number of anilines is 2. The number of likely N-dealkylation sites (tertiary alicyclic amines) is 1. The van der Waals surface area contributed by atoms with Gasteiger partial charge in [-0.1, -0.05) is 13.0 Å². The molecule has 1 aromatic rings. The third-order valence-electron chi connectivity index (χ3n) is 9.18. The molecular weight excluding hydrogens is 501 g/mol. The molecule has 0 aromatic heterocycles. The van der Waals surface area contributed by atoms with Crippen molar-refractivity contribution in [2.24, 2.45) is 11.8 Å². The zero-order chi connectivity index (χ0) is 28.1. The van der Waals surface area contributed by atoms with E-state index < -0.39 is 29.2 Å². The van der Waals surface area contributed by atoms with Gasteiger partial charge in [-0.15, -0.1) is 6.58 Å². The molecule has 0 unspecified atom stereocenters. The van der Waals surface area contributed by atoms with Crippen LogP contribution in [0.4, 0.5) is 15.8 Å². The Kier molecular flexibility index (Phi) is 7.35. The quantitative estimate of drug-likeness (QED) is 0.532. The van der Waals surface area contributed by atoms with Crippen LogP contribution in [0.25, 0.3) is 0 Å². The lowest BCUT2D eigenvalue weighted by atomic mass is 9.71. The largest absolute Gasteiger partial charge is 0.394 e. The van der Waals surface area contributed by atoms with Crippen LogP contribution < -0.4 is 9.80 Å². The van der Waals surface area contributed by atoms with Crippen LogP contribution in [0.3, 0.4) is 0 Å². The summed E-state index contributed by atoms with van der Waals surface area (Å²) in [6, 6.07) is 5.29. The summed E-state index contributed by atoms with van der Waals surface area (Å²) in [5.74, 6) is -1.78. The Morgan fingerprint density at radius 1 is 1.26 bits per heavy atom. The van der Waals surface area contributed by atoms with Crippen LogP contribution >= 0.6 is 0 Å². The van der Waals surface area contributed by atoms with Crippen molar-refractivity contribution in [2.45, 2.75) is 82.7 Å². The number of ether oxygens (including phenoxy) is 1. The van der Waals surface area contributed by atoms with E-state index in [4.69, 9.17) is 4.74 Å². The number of rotatable bonds is 7. The van der Waals surface area contributed by atoms with Gasteiger partial charge in [0, 0.05) is 49.1 Å². The molecule has 0 saturated carbocycles. The lowest BCUT2D eigenvalue weighted by Gasteiger charge is -2.33. The highest BCUT2D eigenvalue weighted by atomic mass is 19.1. The normalized spacial score (nSPS) is 30.9. The first-order valence-corrected chi connectivity index (χ1v) is 14.2. The number of aliphatic hydroxyl groups excluding tert-OH is 1. The summed E-state index contributed by atoms with van der Waals surface area (Å²) in [5.41, 5.74) is -1.27. The van der Waals surface area contributed by atoms with E-state index in [-0.39, 0.29) is 43.3 Å². The number of carbonyl (C=O) groups excluding carboxylic acids is 3. The summed E-state index contributed by atoms with van der Waals surface area (Å²) < 4.78 is 22.6. The fourth-order valence-corrected chi connectivity index (χ4v) is 7.44. The average Bonchev–Trinajstić information content (AvgIpc) is 3.55. The molecule has 9 heteroatoms. The van der Waals surface area contributed by atoms with E-state index in [1.54, 1.807) is 20.8 Å². The number of hydrogen-bond donors (Lipinski definition) is 1. The van der Waals surface area contributed by atoms with E-state index in [0.717, 1.165) is 25.7 Å². The minimum Gasteiger partial charge on any atom is -0.394 e. The molecule has 5 rings (SSSR count). The Balaban J connectivity index is 1.57. The molecule has 3 fully saturated rings. The van der Waals surface area contributed by atoms with Crippen LogP contribution in [-0.4, -0.2) is 71.8 Å². The van der Waals surface area contributed by atoms with Crippen molar-refractivity contribution in [3.05, 3.63) is 36.4 Å². The van der Waals surface area contributed by atoms with E-state index >= 15 is 4.39 Å². The molecule has 4 heterocycles. The van der Waals surface area contributed by atoms with Gasteiger partial charge in [0.15, 0.2) is 5.60 Å². The molecule has 0 bridgehead atoms. The number of piperidine rings is 1. The summed E-state index contributed by atoms with van der Waals surface area (Å²) in [6.45, 7) is 9.89. The van der Waals surface area contributed by atoms with Crippen LogP contribution in [-0.2, 0) is 24.7 Å². The molecular formula is C30H40FN3O5. The Bertz CT molecular complexity index is 1170. The Hall–Kier alpha value is -2.78. The van der Waals surface area contributed by atoms with Gasteiger partial charge in [-0.2, -0.15) is 0 Å². The summed E-state index contributed by atoms with van der Waals surface area (Å²) in [7, 11) is 0. The first kappa shape index (κ1) is 27.8. The third kappa shape index (κ3) is 4.47. The lowest BCUT2D eigenvalue weighted by molar-refractivity contribution is -0.150. The van der Waals surface area contributed by atoms with Crippen molar-refractivity contribution in [3.63, 3.8) is 0 Å². The number of amides is 3. The first-order valence-electron chi connectivity index (χ1n) is 14.2. The van der Waals surface area contributed by atoms with Gasteiger partial charge in [-0.05, 0) is 57.7 Å². The number of carbonyl (C=O) groups is 3. The minimum absolute atomic E-state index is 0.0400. The summed E-state index contributed by atoms with van der Waals surface area (Å²) in [5, 5.41) is 9.74. The van der Waals surface area contributed by atoms with Crippen molar-refractivity contribution >= 4 is 29.1 Å². The summed E-state index contributed by atoms with van der Waals surface area (Å²) >= 11 is 0. The number of halogens is 1. The SMILES string of the molecule is C=CCN1C(=O)[C@@]2(O[C@@H](CC(=O)N3CCC[C@H]3CO)[C@H](C(C)(C)F)[C@H]2C)c2cc(N3CCCCC3=O)ccc21. The van der Waals surface area contributed by atoms with Gasteiger partial charge in [-0.3, -0.25) is 14.4 Å². The number of nitrogens with zero attached hydrogens (tertiary/aromatic N) is 3. The van der Waals surface area contributed by atoms with E-state index in [1.165, 1.54) is 13.8 Å². The zero-order valence-corrected chi connectivity index (χ0v) is 23.2. The molecule has 4 aliphatic rings. The average molecular weight is 542 g/mol. The molecule has 1 aromatic carbocycles. The van der Waals surface area contributed by atoms with Crippen LogP contribution in [0.5, 0.6) is 0 Å². The highest BCUT2D eigenvalue weighted by Crippen LogP contribution is 2.59. The number of aliphatic hydroxyl groups is 1. The Labute approximate surface area is 229 Å². The maximum absolute atomic E-state index is 15.9. The molecule has 4 aliphatic heterocycles. The van der Waals surface area contributed by atoms with Crippen LogP contribution in [0, 0.1) is 11.8 Å². The van der Waals surface area contributed by atoms with Crippen molar-refractivity contribution in [1.29, 1.82) is 0 Å². The highest BCUT2D eigenvalue weighted by molar-refractivity contribution is 6.08. The van der Waals surface area contributed by atoms with E-state index in [1.807, 2.05) is 25.1 Å². The third-order valence-corrected chi connectivity index (χ3v) is 9.18. The molecule has 1 N–H and O–H groups in total. The van der Waals surface area contributed by atoms with Crippen molar-refractivity contribution in [2.75, 3.05) is 36.0 Å². The van der Waals surface area contributed by atoms with Crippen LogP contribution in [0.2, 0.25) is 0 Å². The van der Waals surface area contributed by atoms with Crippen molar-refractivity contribution in [1.82, 2.24) is 4.90 Å². The van der Waals surface area contributed by atoms with Crippen molar-refractivity contribution < 1.29 is 28.6 Å². The number of hydrogen-bond acceptors (Lipinski definition) is 5. The van der Waals surface area contributed by atoms with Gasteiger partial charge in [0.2, 0.25) is 11.8 Å². The second-order valence-corrected chi connectivity index (χ2v) is 11.9. The van der Waals surface area contributed by atoms with Gasteiger partial charge in [0.25, 0.3) is 5.91 Å². The topological polar surface area (TPSA) is 90.4 Å². The highest BCUT2D eigenvalue weighted by Gasteiger charge is 2.66. The fourth-order valence-electron chi connectivity index (χ4n) is 7.44. The molecule has 39 heavy (non-hydrogen) atoms. The summed E-state index contributed by atoms with van der Waals surface area (Å²) in [6.07, 6.45) is 4.49. The number of benzene rings is 1. The smallest absolute Gasteiger partial charge is 0.264 e. The van der Waals surface area contributed by atoms with E-state index in [2.05, 4.69) is 6.58 Å². The molecule has 3 amide bonds. The van der Waals surface area contributed by atoms with Crippen LogP contribution in [0.15, 0.2) is 30.9 Å². The van der Waals surface area contributed by atoms with Gasteiger partial charge >= 0.3 is 0 Å². The predicted octanol–water partition coefficient (Wildman–Crippen LogP) is 3.70. The zero-order valence-electron chi connectivity index (χ0n) is 23.2. The molecule has 3 saturated heterocycles. The predicted molar refractivity (Wildman–Crippen MR) is 146 cm³/mol. The minimum atomic E-state index is -1.73. The number of alkyl halides is 1. The van der Waals surface area contributed by atoms with Gasteiger partial charge < -0.3 is 24.5 Å². The molecule has 0 aliphatic carbocycles. The second-order valence-electron chi connectivity index (χ2n) is 11.9. The Morgan fingerprint density at radius 3 is 2.69 bits per heavy atom. The number of fused-ring (bicyclic) bond motifs is 2. The van der Waals surface area contributed by atoms with Gasteiger partial charge in [0.05, 0.1) is 30.9 Å². The molecule has 212 valence electrons. The van der Waals surface area contributed by atoms with Crippen LogP contribution in [0.1, 0.15) is 64.9 Å². The molecule has 5 atom stereocenters. The standard InChI is InChI=1S/C30H40FN3O5/c1-5-13-34-23-12-11-20(32-14-7-6-10-25(32)36)16-22(23)30(28(34)38)19(2)27(29(3,4)31)24(39-30)17-26(37)33-15-8-9-21(33)18-35/h5,11-12,16,19,21,24,27,35H,1,6-10,13-15,17-18H2,2-4H3/t19-,21+,24+,27-,30+/m1/s1. The molecule has 8 nitrogen and oxygen atoms in total. The van der Waals surface area contributed by atoms with Gasteiger partial charge in [-0.25, -0.2) is 4.39 Å². The monoisotopic (exact) mass is 541 g/mol. The molecule has 0 radical (unpaired) electrons.